The zero-order chi connectivity index (χ0) is 12.5. The molecule has 0 amide bonds. The van der Waals surface area contributed by atoms with Gasteiger partial charge in [0, 0.05) is 6.42 Å². The van der Waals surface area contributed by atoms with E-state index in [-0.39, 0.29) is 17.2 Å². The van der Waals surface area contributed by atoms with Crippen LogP contribution in [0, 0.1) is 10.8 Å². The molecule has 0 saturated heterocycles. The average Bonchev–Trinajstić information content (AvgIpc) is 2.62. The molecule has 0 aromatic heterocycles. The second kappa shape index (κ2) is 4.43. The van der Waals surface area contributed by atoms with Gasteiger partial charge in [-0.15, -0.1) is 0 Å². The van der Waals surface area contributed by atoms with Gasteiger partial charge in [0.2, 0.25) is 0 Å². The SMILES string of the molecule is CCC1(C(=O)OC)CC2(CCCCC2)CC1=O. The van der Waals surface area contributed by atoms with Gasteiger partial charge in [0.15, 0.2) is 5.78 Å². The molecule has 2 aliphatic carbocycles. The molecule has 0 aliphatic heterocycles. The predicted octanol–water partition coefficient (Wildman–Crippen LogP) is 2.87. The van der Waals surface area contributed by atoms with Crippen LogP contribution in [0.1, 0.15) is 58.3 Å². The number of rotatable bonds is 2. The highest BCUT2D eigenvalue weighted by atomic mass is 16.5. The Bertz CT molecular complexity index is 328. The number of methoxy groups -OCH3 is 1. The summed E-state index contributed by atoms with van der Waals surface area (Å²) in [6.45, 7) is 1.93. The van der Waals surface area contributed by atoms with Crippen molar-refractivity contribution in [2.75, 3.05) is 7.11 Å². The van der Waals surface area contributed by atoms with Gasteiger partial charge in [-0.2, -0.15) is 0 Å². The van der Waals surface area contributed by atoms with Crippen molar-refractivity contribution in [2.24, 2.45) is 10.8 Å². The Morgan fingerprint density at radius 1 is 1.29 bits per heavy atom. The molecule has 3 heteroatoms. The molecule has 1 atom stereocenters. The highest BCUT2D eigenvalue weighted by Crippen LogP contribution is 2.56. The van der Waals surface area contributed by atoms with Gasteiger partial charge in [0.05, 0.1) is 7.11 Å². The van der Waals surface area contributed by atoms with E-state index in [1.54, 1.807) is 0 Å². The maximum atomic E-state index is 12.3. The minimum absolute atomic E-state index is 0.111. The molecular weight excluding hydrogens is 216 g/mol. The van der Waals surface area contributed by atoms with Gasteiger partial charge in [-0.25, -0.2) is 0 Å². The minimum atomic E-state index is -0.827. The number of hydrogen-bond acceptors (Lipinski definition) is 3. The molecule has 2 rings (SSSR count). The maximum absolute atomic E-state index is 12.3. The highest BCUT2D eigenvalue weighted by Gasteiger charge is 2.57. The Labute approximate surface area is 103 Å². The number of carbonyl (C=O) groups is 2. The van der Waals surface area contributed by atoms with E-state index < -0.39 is 5.41 Å². The molecule has 2 fully saturated rings. The third-order valence-corrected chi connectivity index (χ3v) is 4.84. The molecule has 2 saturated carbocycles. The van der Waals surface area contributed by atoms with Crippen LogP contribution in [0.25, 0.3) is 0 Å². The van der Waals surface area contributed by atoms with Crippen molar-refractivity contribution in [3.63, 3.8) is 0 Å². The first-order valence-corrected chi connectivity index (χ1v) is 6.70. The van der Waals surface area contributed by atoms with Crippen LogP contribution < -0.4 is 0 Å². The topological polar surface area (TPSA) is 43.4 Å². The maximum Gasteiger partial charge on any atom is 0.319 e. The molecule has 3 nitrogen and oxygen atoms in total. The fourth-order valence-electron chi connectivity index (χ4n) is 3.81. The third kappa shape index (κ3) is 1.90. The lowest BCUT2D eigenvalue weighted by Gasteiger charge is -2.34. The number of ether oxygens (including phenoxy) is 1. The fraction of sp³-hybridized carbons (Fsp3) is 0.857. The summed E-state index contributed by atoms with van der Waals surface area (Å²) < 4.78 is 4.87. The molecular formula is C14H22O3. The van der Waals surface area contributed by atoms with E-state index in [0.717, 1.165) is 19.3 Å². The summed E-state index contributed by atoms with van der Waals surface area (Å²) in [4.78, 5) is 24.3. The van der Waals surface area contributed by atoms with Crippen molar-refractivity contribution in [3.8, 4) is 0 Å². The summed E-state index contributed by atoms with van der Waals surface area (Å²) in [5.74, 6) is -0.193. The Balaban J connectivity index is 2.25. The van der Waals surface area contributed by atoms with E-state index in [9.17, 15) is 9.59 Å². The quantitative estimate of drug-likeness (QED) is 0.549. The first-order chi connectivity index (χ1) is 8.08. The Hall–Kier alpha value is -0.860. The minimum Gasteiger partial charge on any atom is -0.468 e. The molecule has 1 spiro atoms. The largest absolute Gasteiger partial charge is 0.468 e. The monoisotopic (exact) mass is 238 g/mol. The number of ketones is 1. The number of hydrogen-bond donors (Lipinski definition) is 0. The molecule has 0 N–H and O–H groups in total. The first-order valence-electron chi connectivity index (χ1n) is 6.70. The number of carbonyl (C=O) groups excluding carboxylic acids is 2. The van der Waals surface area contributed by atoms with E-state index in [2.05, 4.69) is 0 Å². The molecule has 0 heterocycles. The smallest absolute Gasteiger partial charge is 0.319 e. The Morgan fingerprint density at radius 3 is 2.47 bits per heavy atom. The Morgan fingerprint density at radius 2 is 1.94 bits per heavy atom. The molecule has 0 aromatic rings. The summed E-state index contributed by atoms with van der Waals surface area (Å²) in [5, 5.41) is 0. The normalized spacial score (nSPS) is 31.8. The average molecular weight is 238 g/mol. The summed E-state index contributed by atoms with van der Waals surface area (Å²) >= 11 is 0. The van der Waals surface area contributed by atoms with E-state index in [4.69, 9.17) is 4.74 Å². The second-order valence-corrected chi connectivity index (χ2v) is 5.76. The van der Waals surface area contributed by atoms with Crippen LogP contribution in [0.15, 0.2) is 0 Å². The molecule has 17 heavy (non-hydrogen) atoms. The van der Waals surface area contributed by atoms with Gasteiger partial charge in [0.25, 0.3) is 0 Å². The lowest BCUT2D eigenvalue weighted by Crippen LogP contribution is -2.36. The van der Waals surface area contributed by atoms with Crippen LogP contribution in [0.2, 0.25) is 0 Å². The van der Waals surface area contributed by atoms with Gasteiger partial charge in [-0.05, 0) is 31.1 Å². The molecule has 96 valence electrons. The van der Waals surface area contributed by atoms with Crippen molar-refractivity contribution in [3.05, 3.63) is 0 Å². The van der Waals surface area contributed by atoms with Gasteiger partial charge in [0.1, 0.15) is 5.41 Å². The molecule has 1 unspecified atom stereocenters. The van der Waals surface area contributed by atoms with Crippen molar-refractivity contribution in [2.45, 2.75) is 58.3 Å². The van der Waals surface area contributed by atoms with Crippen LogP contribution in [0.4, 0.5) is 0 Å². The summed E-state index contributed by atoms with van der Waals surface area (Å²) in [7, 11) is 1.39. The van der Waals surface area contributed by atoms with Crippen molar-refractivity contribution >= 4 is 11.8 Å². The standard InChI is InChI=1S/C14H22O3/c1-3-14(12(16)17-2)10-13(9-11(14)15)7-5-4-6-8-13/h3-10H2,1-2H3. The predicted molar refractivity (Wildman–Crippen MR) is 64.5 cm³/mol. The molecule has 0 bridgehead atoms. The second-order valence-electron chi connectivity index (χ2n) is 5.76. The van der Waals surface area contributed by atoms with Gasteiger partial charge < -0.3 is 4.74 Å². The van der Waals surface area contributed by atoms with Gasteiger partial charge in [-0.3, -0.25) is 9.59 Å². The summed E-state index contributed by atoms with van der Waals surface area (Å²) in [6, 6.07) is 0. The van der Waals surface area contributed by atoms with Gasteiger partial charge >= 0.3 is 5.97 Å². The van der Waals surface area contributed by atoms with Crippen molar-refractivity contribution in [1.29, 1.82) is 0 Å². The zero-order valence-corrected chi connectivity index (χ0v) is 10.9. The summed E-state index contributed by atoms with van der Waals surface area (Å²) in [5.41, 5.74) is -0.717. The van der Waals surface area contributed by atoms with E-state index >= 15 is 0 Å². The van der Waals surface area contributed by atoms with E-state index in [1.165, 1.54) is 26.4 Å². The van der Waals surface area contributed by atoms with Gasteiger partial charge in [-0.1, -0.05) is 26.2 Å². The lowest BCUT2D eigenvalue weighted by molar-refractivity contribution is -0.157. The van der Waals surface area contributed by atoms with Crippen LogP contribution in [0.3, 0.4) is 0 Å². The van der Waals surface area contributed by atoms with Crippen molar-refractivity contribution in [1.82, 2.24) is 0 Å². The fourth-order valence-corrected chi connectivity index (χ4v) is 3.81. The van der Waals surface area contributed by atoms with Crippen LogP contribution in [0.5, 0.6) is 0 Å². The van der Waals surface area contributed by atoms with Crippen LogP contribution in [-0.4, -0.2) is 18.9 Å². The van der Waals surface area contributed by atoms with E-state index in [0.29, 0.717) is 12.8 Å². The molecule has 0 radical (unpaired) electrons. The van der Waals surface area contributed by atoms with Crippen LogP contribution in [-0.2, 0) is 14.3 Å². The van der Waals surface area contributed by atoms with Crippen LogP contribution >= 0.6 is 0 Å². The van der Waals surface area contributed by atoms with E-state index in [1.807, 2.05) is 6.92 Å². The zero-order valence-electron chi connectivity index (χ0n) is 10.9. The highest BCUT2D eigenvalue weighted by molar-refractivity contribution is 6.05. The molecule has 2 aliphatic rings. The molecule has 0 aromatic carbocycles. The first kappa shape index (κ1) is 12.6. The van der Waals surface area contributed by atoms with Crippen molar-refractivity contribution < 1.29 is 14.3 Å². The number of esters is 1. The lowest BCUT2D eigenvalue weighted by atomic mass is 9.70. The number of Topliss-reactive ketones (excluding diaryl/α,β-unsaturated/α-hetero) is 1. The Kier molecular flexibility index (Phi) is 3.28. The summed E-state index contributed by atoms with van der Waals surface area (Å²) in [6.07, 6.45) is 7.79. The third-order valence-electron chi connectivity index (χ3n) is 4.84.